The summed E-state index contributed by atoms with van der Waals surface area (Å²) < 4.78 is 11.8. The maximum atomic E-state index is 13.8. The number of anilines is 1. The number of carbonyl (C=O) groups is 2. The molecule has 0 aliphatic rings. The van der Waals surface area contributed by atoms with Crippen molar-refractivity contribution in [2.45, 2.75) is 33.2 Å². The second-order valence-corrected chi connectivity index (χ2v) is 9.50. The summed E-state index contributed by atoms with van der Waals surface area (Å²) in [5.41, 5.74) is 1.65. The number of esters is 1. The zero-order valence-electron chi connectivity index (χ0n) is 22.8. The fraction of sp³-hybridized carbons (Fsp3) is 0.267. The normalized spacial score (nSPS) is 11.6. The van der Waals surface area contributed by atoms with E-state index in [2.05, 4.69) is 5.32 Å². The standard InChI is InChI=1S/C30H31ClN4O5/c1-5-17-34(30(38)32-22-10-7-20(8-11-22)29(37)40-6-2)19(3)27-33-26-18-21(31)9-16-25(26)28(36)35(27)23-12-14-24(39-4)15-13-23/h7-16,18-19H,5-6,17H2,1-4H3,(H,32,38). The van der Waals surface area contributed by atoms with Gasteiger partial charge in [0.25, 0.3) is 5.56 Å². The molecule has 3 aromatic carbocycles. The van der Waals surface area contributed by atoms with Gasteiger partial charge < -0.3 is 19.7 Å². The van der Waals surface area contributed by atoms with Crippen molar-refractivity contribution < 1.29 is 19.1 Å². The number of rotatable bonds is 9. The Bertz CT molecular complexity index is 1570. The van der Waals surface area contributed by atoms with Crippen LogP contribution in [0.1, 0.15) is 49.4 Å². The third-order valence-corrected chi connectivity index (χ3v) is 6.64. The van der Waals surface area contributed by atoms with E-state index in [-0.39, 0.29) is 18.2 Å². The van der Waals surface area contributed by atoms with Crippen molar-refractivity contribution in [1.29, 1.82) is 0 Å². The predicted octanol–water partition coefficient (Wildman–Crippen LogP) is 6.23. The number of hydrogen-bond donors (Lipinski definition) is 1. The zero-order valence-corrected chi connectivity index (χ0v) is 23.6. The SMILES string of the molecule is CCCN(C(=O)Nc1ccc(C(=O)OCC)cc1)C(C)c1nc2cc(Cl)ccc2c(=O)n1-c1ccc(OC)cc1. The molecule has 1 aromatic heterocycles. The number of fused-ring (bicyclic) bond motifs is 1. The number of nitrogens with one attached hydrogen (secondary N) is 1. The second-order valence-electron chi connectivity index (χ2n) is 9.07. The lowest BCUT2D eigenvalue weighted by Crippen LogP contribution is -2.40. The van der Waals surface area contributed by atoms with Gasteiger partial charge in [-0.25, -0.2) is 14.6 Å². The summed E-state index contributed by atoms with van der Waals surface area (Å²) in [4.78, 5) is 45.8. The molecule has 0 fully saturated rings. The van der Waals surface area contributed by atoms with Gasteiger partial charge in [0, 0.05) is 17.3 Å². The minimum atomic E-state index is -0.600. The Balaban J connectivity index is 1.74. The van der Waals surface area contributed by atoms with Crippen LogP contribution >= 0.6 is 11.6 Å². The Morgan fingerprint density at radius 3 is 2.38 bits per heavy atom. The molecule has 10 heteroatoms. The topological polar surface area (TPSA) is 103 Å². The number of nitrogens with zero attached hydrogens (tertiary/aromatic N) is 3. The molecule has 0 bridgehead atoms. The first kappa shape index (κ1) is 28.6. The third kappa shape index (κ3) is 6.10. The lowest BCUT2D eigenvalue weighted by Gasteiger charge is -2.30. The average Bonchev–Trinajstić information content (AvgIpc) is 2.96. The molecule has 1 atom stereocenters. The van der Waals surface area contributed by atoms with Gasteiger partial charge in [0.15, 0.2) is 0 Å². The molecule has 0 radical (unpaired) electrons. The fourth-order valence-corrected chi connectivity index (χ4v) is 4.55. The maximum Gasteiger partial charge on any atom is 0.338 e. The van der Waals surface area contributed by atoms with E-state index in [0.717, 1.165) is 0 Å². The van der Waals surface area contributed by atoms with Crippen LogP contribution in [0.2, 0.25) is 5.02 Å². The number of benzene rings is 3. The Morgan fingerprint density at radius 2 is 1.75 bits per heavy atom. The molecular weight excluding hydrogens is 532 g/mol. The summed E-state index contributed by atoms with van der Waals surface area (Å²) >= 11 is 6.23. The minimum absolute atomic E-state index is 0.276. The summed E-state index contributed by atoms with van der Waals surface area (Å²) in [6, 6.07) is 17.5. The summed E-state index contributed by atoms with van der Waals surface area (Å²) in [7, 11) is 1.57. The first-order valence-corrected chi connectivity index (χ1v) is 13.4. The van der Waals surface area contributed by atoms with Crippen LogP contribution in [-0.4, -0.2) is 46.7 Å². The van der Waals surface area contributed by atoms with Gasteiger partial charge in [-0.1, -0.05) is 18.5 Å². The average molecular weight is 563 g/mol. The van der Waals surface area contributed by atoms with E-state index in [1.807, 2.05) is 13.8 Å². The fourth-order valence-electron chi connectivity index (χ4n) is 4.39. The van der Waals surface area contributed by atoms with Crippen molar-refractivity contribution in [1.82, 2.24) is 14.5 Å². The molecular formula is C30H31ClN4O5. The molecule has 1 N–H and O–H groups in total. The summed E-state index contributed by atoms with van der Waals surface area (Å²) in [5.74, 6) is 0.597. The smallest absolute Gasteiger partial charge is 0.338 e. The highest BCUT2D eigenvalue weighted by Crippen LogP contribution is 2.26. The summed E-state index contributed by atoms with van der Waals surface area (Å²) in [6.45, 7) is 6.21. The largest absolute Gasteiger partial charge is 0.497 e. The van der Waals surface area contributed by atoms with Crippen LogP contribution in [-0.2, 0) is 4.74 Å². The Labute approximate surface area is 237 Å². The number of aromatic nitrogens is 2. The van der Waals surface area contributed by atoms with Crippen molar-refractivity contribution in [2.24, 2.45) is 0 Å². The van der Waals surface area contributed by atoms with Gasteiger partial charge in [-0.05, 0) is 87.0 Å². The first-order chi connectivity index (χ1) is 19.3. The molecule has 0 aliphatic carbocycles. The number of urea groups is 1. The van der Waals surface area contributed by atoms with E-state index < -0.39 is 12.0 Å². The van der Waals surface area contributed by atoms with Gasteiger partial charge >= 0.3 is 12.0 Å². The highest BCUT2D eigenvalue weighted by atomic mass is 35.5. The Hall–Kier alpha value is -4.37. The van der Waals surface area contributed by atoms with E-state index in [1.54, 1.807) is 85.7 Å². The predicted molar refractivity (Wildman–Crippen MR) is 156 cm³/mol. The van der Waals surface area contributed by atoms with E-state index in [9.17, 15) is 14.4 Å². The van der Waals surface area contributed by atoms with Crippen molar-refractivity contribution in [2.75, 3.05) is 25.6 Å². The van der Waals surface area contributed by atoms with Crippen LogP contribution < -0.4 is 15.6 Å². The number of methoxy groups -OCH3 is 1. The summed E-state index contributed by atoms with van der Waals surface area (Å²) in [6.07, 6.45) is 0.672. The van der Waals surface area contributed by atoms with Crippen LogP contribution in [0.4, 0.5) is 10.5 Å². The highest BCUT2D eigenvalue weighted by molar-refractivity contribution is 6.31. The second kappa shape index (κ2) is 12.7. The highest BCUT2D eigenvalue weighted by Gasteiger charge is 2.27. The van der Waals surface area contributed by atoms with Crippen LogP contribution in [0, 0.1) is 0 Å². The molecule has 1 unspecified atom stereocenters. The van der Waals surface area contributed by atoms with Crippen molar-refractivity contribution in [3.05, 3.63) is 93.5 Å². The quantitative estimate of drug-likeness (QED) is 0.243. The Morgan fingerprint density at radius 1 is 1.05 bits per heavy atom. The molecule has 9 nitrogen and oxygen atoms in total. The number of amides is 2. The number of carbonyl (C=O) groups excluding carboxylic acids is 2. The van der Waals surface area contributed by atoms with Gasteiger partial charge in [-0.2, -0.15) is 0 Å². The molecule has 0 saturated carbocycles. The van der Waals surface area contributed by atoms with Gasteiger partial charge in [0.1, 0.15) is 11.6 Å². The van der Waals surface area contributed by atoms with E-state index in [4.69, 9.17) is 26.1 Å². The Kier molecular flexibility index (Phi) is 9.06. The van der Waals surface area contributed by atoms with Crippen LogP contribution in [0.3, 0.4) is 0 Å². The van der Waals surface area contributed by atoms with Crippen LogP contribution in [0.15, 0.2) is 71.5 Å². The molecule has 0 aliphatic heterocycles. The van der Waals surface area contributed by atoms with Crippen molar-refractivity contribution >= 4 is 40.2 Å². The molecule has 208 valence electrons. The van der Waals surface area contributed by atoms with Crippen LogP contribution in [0.5, 0.6) is 5.75 Å². The van der Waals surface area contributed by atoms with Crippen LogP contribution in [0.25, 0.3) is 16.6 Å². The molecule has 0 spiro atoms. The minimum Gasteiger partial charge on any atom is -0.497 e. The first-order valence-electron chi connectivity index (χ1n) is 13.0. The lowest BCUT2D eigenvalue weighted by atomic mass is 10.1. The molecule has 0 saturated heterocycles. The van der Waals surface area contributed by atoms with E-state index in [0.29, 0.717) is 57.4 Å². The monoisotopic (exact) mass is 562 g/mol. The van der Waals surface area contributed by atoms with Gasteiger partial charge in [0.2, 0.25) is 0 Å². The molecule has 40 heavy (non-hydrogen) atoms. The molecule has 4 aromatic rings. The van der Waals surface area contributed by atoms with E-state index >= 15 is 0 Å². The molecule has 1 heterocycles. The number of ether oxygens (including phenoxy) is 2. The van der Waals surface area contributed by atoms with Crippen molar-refractivity contribution in [3.63, 3.8) is 0 Å². The number of halogens is 1. The zero-order chi connectivity index (χ0) is 28.8. The number of hydrogen-bond acceptors (Lipinski definition) is 6. The van der Waals surface area contributed by atoms with E-state index in [1.165, 1.54) is 4.57 Å². The van der Waals surface area contributed by atoms with Gasteiger partial charge in [0.05, 0.1) is 41.9 Å². The summed E-state index contributed by atoms with van der Waals surface area (Å²) in [5, 5.41) is 3.75. The molecule has 2 amide bonds. The van der Waals surface area contributed by atoms with Crippen molar-refractivity contribution in [3.8, 4) is 11.4 Å². The lowest BCUT2D eigenvalue weighted by molar-refractivity contribution is 0.0526. The third-order valence-electron chi connectivity index (χ3n) is 6.40. The maximum absolute atomic E-state index is 13.8. The molecule has 4 rings (SSSR count). The van der Waals surface area contributed by atoms with Gasteiger partial charge in [-0.15, -0.1) is 0 Å². The van der Waals surface area contributed by atoms with Gasteiger partial charge in [-0.3, -0.25) is 9.36 Å².